The highest BCUT2D eigenvalue weighted by Gasteiger charge is 2.05. The molecule has 124 valence electrons. The molecule has 2 aromatic carbocycles. The zero-order chi connectivity index (χ0) is 16.9. The van der Waals surface area contributed by atoms with Gasteiger partial charge < -0.3 is 14.7 Å². The summed E-state index contributed by atoms with van der Waals surface area (Å²) < 4.78 is 6.38. The highest BCUT2D eigenvalue weighted by molar-refractivity contribution is 7.21. The van der Waals surface area contributed by atoms with Crippen LogP contribution in [-0.2, 0) is 0 Å². The van der Waals surface area contributed by atoms with Crippen molar-refractivity contribution in [3.63, 3.8) is 0 Å². The van der Waals surface area contributed by atoms with Gasteiger partial charge in [-0.2, -0.15) is 0 Å². The van der Waals surface area contributed by atoms with Crippen LogP contribution in [0.4, 0.5) is 16.5 Å². The normalized spacial score (nSPS) is 11.3. The first-order valence-corrected chi connectivity index (χ1v) is 8.31. The van der Waals surface area contributed by atoms with Gasteiger partial charge in [-0.1, -0.05) is 11.3 Å². The van der Waals surface area contributed by atoms with Gasteiger partial charge in [0.15, 0.2) is 0 Å². The molecule has 6 nitrogen and oxygen atoms in total. The van der Waals surface area contributed by atoms with Crippen molar-refractivity contribution in [1.29, 1.82) is 0 Å². The maximum absolute atomic E-state index is 8.81. The molecule has 0 amide bonds. The highest BCUT2D eigenvalue weighted by Crippen LogP contribution is 2.32. The number of thiazole rings is 1. The molecule has 7 heteroatoms. The molecule has 1 N–H and O–H groups in total. The largest absolute Gasteiger partial charge is 0.491 e. The summed E-state index contributed by atoms with van der Waals surface area (Å²) in [4.78, 5) is 6.47. The van der Waals surface area contributed by atoms with Gasteiger partial charge in [0.05, 0.1) is 22.5 Å². The van der Waals surface area contributed by atoms with Crippen molar-refractivity contribution in [2.24, 2.45) is 10.2 Å². The molecule has 0 aliphatic carbocycles. The Labute approximate surface area is 144 Å². The van der Waals surface area contributed by atoms with E-state index in [2.05, 4.69) is 15.2 Å². The fourth-order valence-corrected chi connectivity index (χ4v) is 2.92. The highest BCUT2D eigenvalue weighted by atomic mass is 32.1. The molecule has 0 saturated carbocycles. The van der Waals surface area contributed by atoms with E-state index in [1.54, 1.807) is 0 Å². The zero-order valence-electron chi connectivity index (χ0n) is 13.5. The van der Waals surface area contributed by atoms with E-state index in [9.17, 15) is 0 Å². The molecule has 0 aliphatic rings. The van der Waals surface area contributed by atoms with Gasteiger partial charge in [-0.05, 0) is 42.5 Å². The van der Waals surface area contributed by atoms with Crippen LogP contribution in [0, 0.1) is 0 Å². The van der Waals surface area contributed by atoms with Crippen molar-refractivity contribution in [3.05, 3.63) is 42.5 Å². The van der Waals surface area contributed by atoms with Crippen LogP contribution in [0.15, 0.2) is 52.7 Å². The van der Waals surface area contributed by atoms with Crippen molar-refractivity contribution < 1.29 is 9.84 Å². The third-order valence-electron chi connectivity index (χ3n) is 3.33. The molecule has 3 rings (SSSR count). The number of hydrogen-bond donors (Lipinski definition) is 1. The van der Waals surface area contributed by atoms with Crippen molar-refractivity contribution in [2.75, 3.05) is 32.2 Å². The summed E-state index contributed by atoms with van der Waals surface area (Å²) in [5, 5.41) is 17.9. The molecule has 0 radical (unpaired) electrons. The van der Waals surface area contributed by atoms with E-state index in [1.807, 2.05) is 61.5 Å². The number of aromatic nitrogens is 1. The van der Waals surface area contributed by atoms with Gasteiger partial charge in [-0.25, -0.2) is 4.98 Å². The minimum absolute atomic E-state index is 0.00714. The molecule has 1 heterocycles. The van der Waals surface area contributed by atoms with E-state index in [0.29, 0.717) is 10.9 Å². The van der Waals surface area contributed by atoms with E-state index in [4.69, 9.17) is 9.84 Å². The predicted octanol–water partition coefficient (Wildman–Crippen LogP) is 4.15. The lowest BCUT2D eigenvalue weighted by atomic mass is 10.3. The third-order valence-corrected chi connectivity index (χ3v) is 4.23. The minimum atomic E-state index is -0.00714. The Hall–Kier alpha value is -2.51. The Balaban J connectivity index is 1.76. The van der Waals surface area contributed by atoms with Crippen LogP contribution in [0.1, 0.15) is 0 Å². The van der Waals surface area contributed by atoms with E-state index in [1.165, 1.54) is 11.3 Å². The monoisotopic (exact) mass is 342 g/mol. The summed E-state index contributed by atoms with van der Waals surface area (Å²) in [6.07, 6.45) is 0. The van der Waals surface area contributed by atoms with E-state index >= 15 is 0 Å². The molecule has 0 bridgehead atoms. The van der Waals surface area contributed by atoms with E-state index in [0.717, 1.165) is 21.6 Å². The van der Waals surface area contributed by atoms with Crippen molar-refractivity contribution in [1.82, 2.24) is 4.98 Å². The number of anilines is 1. The van der Waals surface area contributed by atoms with E-state index in [-0.39, 0.29) is 13.2 Å². The minimum Gasteiger partial charge on any atom is -0.491 e. The van der Waals surface area contributed by atoms with Gasteiger partial charge in [-0.15, -0.1) is 10.2 Å². The summed E-state index contributed by atoms with van der Waals surface area (Å²) in [7, 11) is 3.99. The fourth-order valence-electron chi connectivity index (χ4n) is 2.11. The summed E-state index contributed by atoms with van der Waals surface area (Å²) in [5.74, 6) is 0.711. The molecule has 3 aromatic rings. The number of aliphatic hydroxyl groups is 1. The van der Waals surface area contributed by atoms with Crippen LogP contribution < -0.4 is 9.64 Å². The molecule has 0 aliphatic heterocycles. The topological polar surface area (TPSA) is 70.3 Å². The average molecular weight is 342 g/mol. The second kappa shape index (κ2) is 7.37. The molecular formula is C17H18N4O2S. The smallest absolute Gasteiger partial charge is 0.231 e. The summed E-state index contributed by atoms with van der Waals surface area (Å²) in [6.45, 7) is 0.270. The number of azo groups is 1. The number of fused-ring (bicyclic) bond motifs is 1. The number of aliphatic hydroxyl groups excluding tert-OH is 1. The average Bonchev–Trinajstić information content (AvgIpc) is 3.00. The van der Waals surface area contributed by atoms with Crippen molar-refractivity contribution in [3.8, 4) is 5.75 Å². The van der Waals surface area contributed by atoms with Crippen molar-refractivity contribution >= 4 is 38.1 Å². The molecule has 24 heavy (non-hydrogen) atoms. The Morgan fingerprint density at radius 3 is 2.62 bits per heavy atom. The number of rotatable bonds is 6. The Bertz CT molecular complexity index is 843. The third kappa shape index (κ3) is 3.87. The Morgan fingerprint density at radius 1 is 1.12 bits per heavy atom. The molecule has 0 unspecified atom stereocenters. The van der Waals surface area contributed by atoms with Gasteiger partial charge in [0.2, 0.25) is 5.13 Å². The molecule has 0 fully saturated rings. The van der Waals surface area contributed by atoms with Gasteiger partial charge in [0.1, 0.15) is 12.4 Å². The maximum atomic E-state index is 8.81. The summed E-state index contributed by atoms with van der Waals surface area (Å²) in [6, 6.07) is 13.4. The predicted molar refractivity (Wildman–Crippen MR) is 97.1 cm³/mol. The number of benzene rings is 2. The van der Waals surface area contributed by atoms with Crippen molar-refractivity contribution in [2.45, 2.75) is 0 Å². The van der Waals surface area contributed by atoms with Gasteiger partial charge in [-0.3, -0.25) is 0 Å². The lowest BCUT2D eigenvalue weighted by Gasteiger charge is -2.11. The second-order valence-electron chi connectivity index (χ2n) is 5.31. The fraction of sp³-hybridized carbons (Fsp3) is 0.235. The van der Waals surface area contributed by atoms with Gasteiger partial charge in [0.25, 0.3) is 0 Å². The standard InChI is InChI=1S/C17H18N4O2S/c1-21(2)13-5-3-12(4-6-13)19-20-17-18-15-8-7-14(23-10-9-22)11-16(15)24-17/h3-8,11,22H,9-10H2,1-2H3. The first-order chi connectivity index (χ1) is 11.7. The zero-order valence-corrected chi connectivity index (χ0v) is 14.3. The van der Waals surface area contributed by atoms with E-state index < -0.39 is 0 Å². The Kier molecular flexibility index (Phi) is 5.02. The lowest BCUT2D eigenvalue weighted by molar-refractivity contribution is 0.201. The van der Waals surface area contributed by atoms with Gasteiger partial charge >= 0.3 is 0 Å². The molecule has 1 aromatic heterocycles. The number of ether oxygens (including phenoxy) is 1. The number of hydrogen-bond acceptors (Lipinski definition) is 7. The van der Waals surface area contributed by atoms with Crippen LogP contribution in [0.3, 0.4) is 0 Å². The number of nitrogens with zero attached hydrogens (tertiary/aromatic N) is 4. The van der Waals surface area contributed by atoms with Crippen LogP contribution in [0.5, 0.6) is 5.75 Å². The van der Waals surface area contributed by atoms with Crippen LogP contribution >= 0.6 is 11.3 Å². The summed E-state index contributed by atoms with van der Waals surface area (Å²) >= 11 is 1.45. The molecule has 0 spiro atoms. The second-order valence-corrected chi connectivity index (χ2v) is 6.32. The SMILES string of the molecule is CN(C)c1ccc(N=Nc2nc3ccc(OCCO)cc3s2)cc1. The first kappa shape index (κ1) is 16.4. The van der Waals surface area contributed by atoms with Crippen LogP contribution in [-0.4, -0.2) is 37.4 Å². The van der Waals surface area contributed by atoms with Crippen LogP contribution in [0.25, 0.3) is 10.2 Å². The van der Waals surface area contributed by atoms with Gasteiger partial charge in [0, 0.05) is 19.8 Å². The van der Waals surface area contributed by atoms with Crippen LogP contribution in [0.2, 0.25) is 0 Å². The Morgan fingerprint density at radius 2 is 1.92 bits per heavy atom. The quantitative estimate of drug-likeness (QED) is 0.683. The molecule has 0 saturated heterocycles. The first-order valence-electron chi connectivity index (χ1n) is 7.49. The lowest BCUT2D eigenvalue weighted by Crippen LogP contribution is -2.07. The maximum Gasteiger partial charge on any atom is 0.231 e. The summed E-state index contributed by atoms with van der Waals surface area (Å²) in [5.41, 5.74) is 2.75. The molecule has 0 atom stereocenters. The molecular weight excluding hydrogens is 324 g/mol.